The molecule has 0 fully saturated rings. The fourth-order valence-corrected chi connectivity index (χ4v) is 3.20. The first-order valence-corrected chi connectivity index (χ1v) is 8.24. The number of rotatable bonds is 7. The molecule has 0 aliphatic carbocycles. The second kappa shape index (κ2) is 7.85. The van der Waals surface area contributed by atoms with Crippen molar-refractivity contribution in [1.82, 2.24) is 0 Å². The third kappa shape index (κ3) is 3.87. The van der Waals surface area contributed by atoms with Gasteiger partial charge in [0.05, 0.1) is 12.1 Å². The Labute approximate surface area is 142 Å². The van der Waals surface area contributed by atoms with E-state index in [-0.39, 0.29) is 0 Å². The molecule has 2 atom stereocenters. The van der Waals surface area contributed by atoms with E-state index in [1.165, 1.54) is 0 Å². The number of anilines is 1. The van der Waals surface area contributed by atoms with Gasteiger partial charge < -0.3 is 9.90 Å². The van der Waals surface area contributed by atoms with E-state index in [4.69, 9.17) is 5.11 Å². The molecule has 2 aromatic rings. The van der Waals surface area contributed by atoms with Crippen LogP contribution in [-0.4, -0.2) is 32.2 Å². The van der Waals surface area contributed by atoms with E-state index in [1.807, 2.05) is 31.2 Å². The van der Waals surface area contributed by atoms with Gasteiger partial charge in [0, 0.05) is 5.56 Å². The number of hydrogen-bond acceptors (Lipinski definition) is 3. The van der Waals surface area contributed by atoms with E-state index in [0.29, 0.717) is 17.5 Å². The zero-order valence-electron chi connectivity index (χ0n) is 13.0. The van der Waals surface area contributed by atoms with Crippen LogP contribution in [0.5, 0.6) is 0 Å². The van der Waals surface area contributed by atoms with Crippen molar-refractivity contribution in [3.05, 3.63) is 54.1 Å². The average Bonchev–Trinajstić information content (AvgIpc) is 2.54. The number of aryl methyl sites for hydroxylation is 1. The Bertz CT molecular complexity index is 777. The molecule has 0 amide bonds. The standard InChI is InChI=1S/C17H17NO5S/c1-12-6-2-3-7-14(12)15-8-4-5-9-16(15)18(24(22)23)13(11-19)10-17(20)21/h2-9,11,13H,10H2,1H3,(H,20,21)(H,22,23). The third-order valence-corrected chi connectivity index (χ3v) is 4.39. The summed E-state index contributed by atoms with van der Waals surface area (Å²) in [7, 11) is 0. The van der Waals surface area contributed by atoms with Gasteiger partial charge >= 0.3 is 5.97 Å². The second-order valence-corrected chi connectivity index (χ2v) is 6.04. The van der Waals surface area contributed by atoms with Gasteiger partial charge in [-0.2, -0.15) is 0 Å². The molecule has 2 rings (SSSR count). The van der Waals surface area contributed by atoms with Crippen LogP contribution in [0, 0.1) is 6.92 Å². The number of carbonyl (C=O) groups is 2. The molecule has 0 heterocycles. The highest BCUT2D eigenvalue weighted by molar-refractivity contribution is 7.80. The van der Waals surface area contributed by atoms with Gasteiger partial charge in [-0.3, -0.25) is 13.7 Å². The van der Waals surface area contributed by atoms with Gasteiger partial charge in [-0.15, -0.1) is 0 Å². The molecule has 2 aromatic carbocycles. The van der Waals surface area contributed by atoms with Crippen LogP contribution in [0.3, 0.4) is 0 Å². The number of carboxylic acids is 1. The van der Waals surface area contributed by atoms with E-state index in [2.05, 4.69) is 0 Å². The minimum absolute atomic E-state index is 0.325. The van der Waals surface area contributed by atoms with E-state index in [1.54, 1.807) is 24.3 Å². The predicted molar refractivity (Wildman–Crippen MR) is 92.0 cm³/mol. The van der Waals surface area contributed by atoms with Crippen LogP contribution in [0.4, 0.5) is 5.69 Å². The van der Waals surface area contributed by atoms with E-state index in [9.17, 15) is 18.4 Å². The van der Waals surface area contributed by atoms with Crippen molar-refractivity contribution in [2.75, 3.05) is 4.31 Å². The number of aliphatic carboxylic acids is 1. The van der Waals surface area contributed by atoms with Crippen molar-refractivity contribution >= 4 is 29.2 Å². The number of carboxylic acid groups (broad SMARTS) is 1. The summed E-state index contributed by atoms with van der Waals surface area (Å²) in [5, 5.41) is 8.96. The Morgan fingerprint density at radius 2 is 1.75 bits per heavy atom. The van der Waals surface area contributed by atoms with Crippen LogP contribution in [0.2, 0.25) is 0 Å². The topological polar surface area (TPSA) is 94.9 Å². The van der Waals surface area contributed by atoms with Crippen molar-refractivity contribution < 1.29 is 23.5 Å². The normalized spacial score (nSPS) is 13.1. The molecule has 126 valence electrons. The number of carbonyl (C=O) groups excluding carboxylic acids is 1. The molecule has 2 N–H and O–H groups in total. The van der Waals surface area contributed by atoms with Crippen molar-refractivity contribution in [3.63, 3.8) is 0 Å². The first kappa shape index (κ1) is 17.8. The first-order valence-electron chi connectivity index (χ1n) is 7.18. The molecule has 24 heavy (non-hydrogen) atoms. The molecule has 0 radical (unpaired) electrons. The lowest BCUT2D eigenvalue weighted by molar-refractivity contribution is -0.138. The Balaban J connectivity index is 2.60. The number of hydrogen-bond donors (Lipinski definition) is 2. The van der Waals surface area contributed by atoms with Gasteiger partial charge in [0.15, 0.2) is 0 Å². The highest BCUT2D eigenvalue weighted by Crippen LogP contribution is 2.34. The van der Waals surface area contributed by atoms with Crippen molar-refractivity contribution in [2.24, 2.45) is 0 Å². The average molecular weight is 347 g/mol. The summed E-state index contributed by atoms with van der Waals surface area (Å²) in [6, 6.07) is 13.0. The van der Waals surface area contributed by atoms with E-state index < -0.39 is 29.7 Å². The summed E-state index contributed by atoms with van der Waals surface area (Å²) in [4.78, 5) is 22.3. The maximum atomic E-state index is 11.8. The maximum Gasteiger partial charge on any atom is 0.305 e. The number of para-hydroxylation sites is 1. The zero-order chi connectivity index (χ0) is 17.7. The highest BCUT2D eigenvalue weighted by Gasteiger charge is 2.28. The van der Waals surface area contributed by atoms with Gasteiger partial charge in [-0.05, 0) is 24.1 Å². The maximum absolute atomic E-state index is 11.8. The lowest BCUT2D eigenvalue weighted by Gasteiger charge is -2.27. The Hall–Kier alpha value is -2.51. The van der Waals surface area contributed by atoms with Gasteiger partial charge in [0.1, 0.15) is 12.3 Å². The quantitative estimate of drug-likeness (QED) is 0.593. The monoisotopic (exact) mass is 347 g/mol. The van der Waals surface area contributed by atoms with E-state index in [0.717, 1.165) is 15.4 Å². The molecule has 2 unspecified atom stereocenters. The molecule has 0 aliphatic heterocycles. The van der Waals surface area contributed by atoms with Crippen LogP contribution >= 0.6 is 0 Å². The molecule has 0 spiro atoms. The number of nitrogens with zero attached hydrogens (tertiary/aromatic N) is 1. The molecular formula is C17H17NO5S. The summed E-state index contributed by atoms with van der Waals surface area (Å²) in [5.74, 6) is -1.23. The van der Waals surface area contributed by atoms with Gasteiger partial charge in [-0.1, -0.05) is 42.5 Å². The zero-order valence-corrected chi connectivity index (χ0v) is 13.8. The van der Waals surface area contributed by atoms with Gasteiger partial charge in [0.2, 0.25) is 0 Å². The Morgan fingerprint density at radius 3 is 2.29 bits per heavy atom. The molecule has 0 aliphatic rings. The molecule has 0 saturated heterocycles. The van der Waals surface area contributed by atoms with Gasteiger partial charge in [-0.25, -0.2) is 4.21 Å². The lowest BCUT2D eigenvalue weighted by atomic mass is 9.98. The summed E-state index contributed by atoms with van der Waals surface area (Å²) in [5.41, 5.74) is 2.76. The SMILES string of the molecule is Cc1ccccc1-c1ccccc1N(C(C=O)CC(=O)O)S(=O)O. The second-order valence-electron chi connectivity index (χ2n) is 5.19. The first-order chi connectivity index (χ1) is 11.5. The minimum atomic E-state index is -2.55. The Morgan fingerprint density at radius 1 is 1.17 bits per heavy atom. The van der Waals surface area contributed by atoms with Gasteiger partial charge in [0.25, 0.3) is 11.3 Å². The molecule has 0 aromatic heterocycles. The van der Waals surface area contributed by atoms with E-state index >= 15 is 0 Å². The summed E-state index contributed by atoms with van der Waals surface area (Å²) < 4.78 is 22.4. The molecule has 7 heteroatoms. The molecule has 0 bridgehead atoms. The summed E-state index contributed by atoms with van der Waals surface area (Å²) in [6.45, 7) is 1.90. The fraction of sp³-hybridized carbons (Fsp3) is 0.176. The van der Waals surface area contributed by atoms with Crippen LogP contribution in [0.15, 0.2) is 48.5 Å². The predicted octanol–water partition coefficient (Wildman–Crippen LogP) is 2.65. The lowest BCUT2D eigenvalue weighted by Crippen LogP contribution is -2.39. The minimum Gasteiger partial charge on any atom is -0.481 e. The van der Waals surface area contributed by atoms with Crippen molar-refractivity contribution in [1.29, 1.82) is 0 Å². The van der Waals surface area contributed by atoms with Crippen molar-refractivity contribution in [3.8, 4) is 11.1 Å². The summed E-state index contributed by atoms with van der Waals surface area (Å²) >= 11 is -2.55. The Kier molecular flexibility index (Phi) is 5.83. The molecule has 6 nitrogen and oxygen atoms in total. The van der Waals surface area contributed by atoms with Crippen molar-refractivity contribution in [2.45, 2.75) is 19.4 Å². The third-order valence-electron chi connectivity index (χ3n) is 3.59. The molecule has 0 saturated carbocycles. The fourth-order valence-electron chi connectivity index (χ4n) is 2.51. The highest BCUT2D eigenvalue weighted by atomic mass is 32.2. The number of aldehydes is 1. The number of benzene rings is 2. The smallest absolute Gasteiger partial charge is 0.305 e. The summed E-state index contributed by atoms with van der Waals surface area (Å²) in [6.07, 6.45) is -0.200. The van der Waals surface area contributed by atoms with Crippen LogP contribution in [0.25, 0.3) is 11.1 Å². The van der Waals surface area contributed by atoms with Crippen LogP contribution in [-0.2, 0) is 20.9 Å². The van der Waals surface area contributed by atoms with Crippen LogP contribution < -0.4 is 4.31 Å². The van der Waals surface area contributed by atoms with Crippen LogP contribution in [0.1, 0.15) is 12.0 Å². The molecular weight excluding hydrogens is 330 g/mol. The largest absolute Gasteiger partial charge is 0.481 e.